The molecule has 98 valence electrons. The number of rotatable bonds is 2. The fourth-order valence-electron chi connectivity index (χ4n) is 1.49. The van der Waals surface area contributed by atoms with Crippen LogP contribution in [0.15, 0.2) is 42.5 Å². The molecule has 0 aliphatic rings. The minimum atomic E-state index is -0.758. The number of nitrogens with one attached hydrogen (secondary N) is 1. The van der Waals surface area contributed by atoms with Crippen LogP contribution in [0.4, 0.5) is 14.9 Å². The molecule has 0 unspecified atom stereocenters. The lowest BCUT2D eigenvalue weighted by molar-refractivity contribution is 0.215. The van der Waals surface area contributed by atoms with Gasteiger partial charge in [0.1, 0.15) is 5.75 Å². The normalized spacial score (nSPS) is 10.1. The van der Waals surface area contributed by atoms with Gasteiger partial charge in [-0.05, 0) is 31.2 Å². The SMILES string of the molecule is Cc1c(Cl)ccc(NC(=O)Oc2ccccc2)c1F. The number of carbonyl (C=O) groups is 1. The third kappa shape index (κ3) is 3.23. The highest BCUT2D eigenvalue weighted by molar-refractivity contribution is 6.31. The van der Waals surface area contributed by atoms with E-state index in [-0.39, 0.29) is 11.3 Å². The van der Waals surface area contributed by atoms with Gasteiger partial charge >= 0.3 is 6.09 Å². The average molecular weight is 280 g/mol. The number of amides is 1. The standard InChI is InChI=1S/C14H11ClFNO2/c1-9-11(15)7-8-12(13(9)16)17-14(18)19-10-5-3-2-4-6-10/h2-8H,1H3,(H,17,18). The second-order valence-corrected chi connectivity index (χ2v) is 4.27. The zero-order chi connectivity index (χ0) is 13.8. The molecule has 0 fully saturated rings. The van der Waals surface area contributed by atoms with E-state index < -0.39 is 11.9 Å². The van der Waals surface area contributed by atoms with Crippen molar-refractivity contribution in [2.75, 3.05) is 5.32 Å². The van der Waals surface area contributed by atoms with Gasteiger partial charge in [-0.25, -0.2) is 9.18 Å². The van der Waals surface area contributed by atoms with E-state index in [2.05, 4.69) is 5.32 Å². The van der Waals surface area contributed by atoms with E-state index in [9.17, 15) is 9.18 Å². The van der Waals surface area contributed by atoms with Crippen LogP contribution in [0.2, 0.25) is 5.02 Å². The summed E-state index contributed by atoms with van der Waals surface area (Å²) in [6, 6.07) is 11.4. The van der Waals surface area contributed by atoms with Gasteiger partial charge in [0.25, 0.3) is 0 Å². The van der Waals surface area contributed by atoms with Gasteiger partial charge in [-0.15, -0.1) is 0 Å². The molecule has 0 heterocycles. The van der Waals surface area contributed by atoms with Crippen LogP contribution in [0, 0.1) is 12.7 Å². The van der Waals surface area contributed by atoms with Crippen molar-refractivity contribution < 1.29 is 13.9 Å². The first kappa shape index (κ1) is 13.4. The second-order valence-electron chi connectivity index (χ2n) is 3.86. The summed E-state index contributed by atoms with van der Waals surface area (Å²) < 4.78 is 18.8. The summed E-state index contributed by atoms with van der Waals surface area (Å²) in [7, 11) is 0. The highest BCUT2D eigenvalue weighted by atomic mass is 35.5. The number of hydrogen-bond donors (Lipinski definition) is 1. The Kier molecular flexibility index (Phi) is 4.02. The minimum Gasteiger partial charge on any atom is -0.410 e. The Labute approximate surface area is 115 Å². The monoisotopic (exact) mass is 279 g/mol. The molecule has 0 aliphatic heterocycles. The van der Waals surface area contributed by atoms with Gasteiger partial charge in [-0.1, -0.05) is 29.8 Å². The second kappa shape index (κ2) is 5.71. The maximum atomic E-state index is 13.8. The number of halogens is 2. The molecule has 1 N–H and O–H groups in total. The minimum absolute atomic E-state index is 0.0304. The molecule has 0 spiro atoms. The molecule has 0 aliphatic carbocycles. The van der Waals surface area contributed by atoms with E-state index >= 15 is 0 Å². The van der Waals surface area contributed by atoms with Crippen LogP contribution in [0.1, 0.15) is 5.56 Å². The molecule has 2 rings (SSSR count). The molecule has 2 aromatic carbocycles. The Hall–Kier alpha value is -2.07. The molecule has 2 aromatic rings. The molecule has 0 radical (unpaired) electrons. The van der Waals surface area contributed by atoms with Crippen molar-refractivity contribution in [3.63, 3.8) is 0 Å². The van der Waals surface area contributed by atoms with Gasteiger partial charge in [-0.3, -0.25) is 5.32 Å². The van der Waals surface area contributed by atoms with Crippen molar-refractivity contribution in [2.45, 2.75) is 6.92 Å². The fraction of sp³-hybridized carbons (Fsp3) is 0.0714. The summed E-state index contributed by atoms with van der Waals surface area (Å²) in [6.45, 7) is 1.53. The van der Waals surface area contributed by atoms with Crippen molar-refractivity contribution in [2.24, 2.45) is 0 Å². The Morgan fingerprint density at radius 2 is 1.89 bits per heavy atom. The third-order valence-corrected chi connectivity index (χ3v) is 2.92. The topological polar surface area (TPSA) is 38.3 Å². The molecule has 0 bridgehead atoms. The van der Waals surface area contributed by atoms with Crippen LogP contribution in [-0.2, 0) is 0 Å². The van der Waals surface area contributed by atoms with Crippen molar-refractivity contribution in [1.82, 2.24) is 0 Å². The zero-order valence-corrected chi connectivity index (χ0v) is 10.9. The number of carbonyl (C=O) groups excluding carboxylic acids is 1. The van der Waals surface area contributed by atoms with Crippen molar-refractivity contribution in [3.05, 3.63) is 58.9 Å². The maximum absolute atomic E-state index is 13.8. The first-order chi connectivity index (χ1) is 9.08. The Morgan fingerprint density at radius 1 is 1.21 bits per heavy atom. The summed E-state index contributed by atoms with van der Waals surface area (Å²) in [5.74, 6) is -0.191. The summed E-state index contributed by atoms with van der Waals surface area (Å²) in [5.41, 5.74) is 0.307. The first-order valence-corrected chi connectivity index (χ1v) is 5.94. The molecule has 0 saturated carbocycles. The lowest BCUT2D eigenvalue weighted by Gasteiger charge is -2.09. The molecule has 0 saturated heterocycles. The molecular weight excluding hydrogens is 269 g/mol. The molecule has 0 aromatic heterocycles. The predicted molar refractivity (Wildman–Crippen MR) is 72.2 cm³/mol. The smallest absolute Gasteiger partial charge is 0.410 e. The van der Waals surface area contributed by atoms with Gasteiger partial charge in [0.05, 0.1) is 5.69 Å². The molecule has 1 amide bonds. The predicted octanol–water partition coefficient (Wildman–Crippen LogP) is 4.40. The van der Waals surface area contributed by atoms with Crippen LogP contribution in [0.5, 0.6) is 5.75 Å². The van der Waals surface area contributed by atoms with Crippen LogP contribution < -0.4 is 10.1 Å². The summed E-state index contributed by atoms with van der Waals surface area (Å²) in [5, 5.41) is 2.64. The molecule has 19 heavy (non-hydrogen) atoms. The summed E-state index contributed by atoms with van der Waals surface area (Å²) >= 11 is 5.77. The van der Waals surface area contributed by atoms with Crippen LogP contribution in [0.25, 0.3) is 0 Å². The van der Waals surface area contributed by atoms with Crippen LogP contribution >= 0.6 is 11.6 Å². The van der Waals surface area contributed by atoms with E-state index in [0.717, 1.165) is 0 Å². The highest BCUT2D eigenvalue weighted by Crippen LogP contribution is 2.24. The number of para-hydroxylation sites is 1. The van der Waals surface area contributed by atoms with Gasteiger partial charge in [0, 0.05) is 10.6 Å². The quantitative estimate of drug-likeness (QED) is 0.885. The fourth-order valence-corrected chi connectivity index (χ4v) is 1.64. The number of hydrogen-bond acceptors (Lipinski definition) is 2. The van der Waals surface area contributed by atoms with Crippen molar-refractivity contribution >= 4 is 23.4 Å². The lowest BCUT2D eigenvalue weighted by atomic mass is 10.2. The Balaban J connectivity index is 2.10. The van der Waals surface area contributed by atoms with E-state index in [0.29, 0.717) is 10.8 Å². The van der Waals surface area contributed by atoms with Crippen molar-refractivity contribution in [1.29, 1.82) is 0 Å². The lowest BCUT2D eigenvalue weighted by Crippen LogP contribution is -2.17. The third-order valence-electron chi connectivity index (χ3n) is 2.51. The van der Waals surface area contributed by atoms with Gasteiger partial charge < -0.3 is 4.74 Å². The Bertz CT molecular complexity index is 602. The van der Waals surface area contributed by atoms with E-state index in [4.69, 9.17) is 16.3 Å². The summed E-state index contributed by atoms with van der Waals surface area (Å²) in [4.78, 5) is 11.6. The van der Waals surface area contributed by atoms with E-state index in [1.807, 2.05) is 0 Å². The van der Waals surface area contributed by atoms with Gasteiger partial charge in [0.15, 0.2) is 5.82 Å². The first-order valence-electron chi connectivity index (χ1n) is 5.56. The van der Waals surface area contributed by atoms with E-state index in [1.54, 1.807) is 30.3 Å². The molecule has 0 atom stereocenters. The highest BCUT2D eigenvalue weighted by Gasteiger charge is 2.12. The molecule has 3 nitrogen and oxygen atoms in total. The zero-order valence-electron chi connectivity index (χ0n) is 10.1. The number of anilines is 1. The Morgan fingerprint density at radius 3 is 2.58 bits per heavy atom. The maximum Gasteiger partial charge on any atom is 0.417 e. The van der Waals surface area contributed by atoms with Crippen LogP contribution in [-0.4, -0.2) is 6.09 Å². The number of benzene rings is 2. The molecule has 5 heteroatoms. The summed E-state index contributed by atoms with van der Waals surface area (Å²) in [6.07, 6.45) is -0.758. The average Bonchev–Trinajstić information content (AvgIpc) is 2.41. The number of ether oxygens (including phenoxy) is 1. The van der Waals surface area contributed by atoms with Crippen molar-refractivity contribution in [3.8, 4) is 5.75 Å². The van der Waals surface area contributed by atoms with Gasteiger partial charge in [0.2, 0.25) is 0 Å². The van der Waals surface area contributed by atoms with Crippen LogP contribution in [0.3, 0.4) is 0 Å². The van der Waals surface area contributed by atoms with Gasteiger partial charge in [-0.2, -0.15) is 0 Å². The molecular formula is C14H11ClFNO2. The van der Waals surface area contributed by atoms with E-state index in [1.165, 1.54) is 19.1 Å². The largest absolute Gasteiger partial charge is 0.417 e.